The minimum absolute atomic E-state index is 0.342. The highest BCUT2D eigenvalue weighted by Gasteiger charge is 2.07. The van der Waals surface area contributed by atoms with Crippen molar-refractivity contribution in [2.24, 2.45) is 4.99 Å². The third-order valence-electron chi connectivity index (χ3n) is 4.19. The number of rotatable bonds is 7. The molecule has 1 atom stereocenters. The van der Waals surface area contributed by atoms with E-state index in [1.165, 1.54) is 17.7 Å². The standard InChI is InChI=1S/C21H23FN4OS/c1-15(17-8-9-28-14-17)11-25-21(23-2)26-13-16-6-7-20(24-12-16)27-19-5-3-4-18(22)10-19/h3-10,12,14-15H,11,13H2,1-2H3,(H2,23,25,26). The maximum absolute atomic E-state index is 13.2. The SMILES string of the molecule is CN=C(NCc1ccc(Oc2cccc(F)c2)nc1)NCC(C)c1ccsc1. The second kappa shape index (κ2) is 9.85. The molecule has 7 heteroatoms. The molecule has 0 aliphatic rings. The topological polar surface area (TPSA) is 58.5 Å². The molecule has 1 aromatic carbocycles. The average molecular weight is 399 g/mol. The Balaban J connectivity index is 1.48. The number of halogens is 1. The van der Waals surface area contributed by atoms with Crippen molar-refractivity contribution in [1.29, 1.82) is 0 Å². The third kappa shape index (κ3) is 5.79. The number of hydrogen-bond donors (Lipinski definition) is 2. The van der Waals surface area contributed by atoms with Crippen molar-refractivity contribution in [3.05, 3.63) is 76.4 Å². The Kier molecular flexibility index (Phi) is 6.97. The molecule has 2 aromatic heterocycles. The van der Waals surface area contributed by atoms with Gasteiger partial charge in [-0.05, 0) is 46.0 Å². The summed E-state index contributed by atoms with van der Waals surface area (Å²) in [7, 11) is 1.75. The summed E-state index contributed by atoms with van der Waals surface area (Å²) in [5, 5.41) is 10.9. The highest BCUT2D eigenvalue weighted by molar-refractivity contribution is 7.07. The summed E-state index contributed by atoms with van der Waals surface area (Å²) in [6.45, 7) is 3.57. The molecule has 0 radical (unpaired) electrons. The molecule has 0 spiro atoms. The fourth-order valence-corrected chi connectivity index (χ4v) is 3.34. The second-order valence-electron chi connectivity index (χ2n) is 6.33. The Morgan fingerprint density at radius 1 is 1.25 bits per heavy atom. The number of pyridine rings is 1. The number of thiophene rings is 1. The molecular formula is C21H23FN4OS. The molecule has 0 aliphatic carbocycles. The number of hydrogen-bond acceptors (Lipinski definition) is 4. The minimum atomic E-state index is -0.342. The molecule has 5 nitrogen and oxygen atoms in total. The largest absolute Gasteiger partial charge is 0.439 e. The molecule has 0 fully saturated rings. The monoisotopic (exact) mass is 398 g/mol. The first-order chi connectivity index (χ1) is 13.6. The van der Waals surface area contributed by atoms with Crippen molar-refractivity contribution >= 4 is 17.3 Å². The van der Waals surface area contributed by atoms with Gasteiger partial charge in [0.2, 0.25) is 5.88 Å². The smallest absolute Gasteiger partial charge is 0.219 e. The van der Waals surface area contributed by atoms with Crippen LogP contribution in [0.5, 0.6) is 11.6 Å². The molecule has 2 N–H and O–H groups in total. The lowest BCUT2D eigenvalue weighted by Gasteiger charge is -2.15. The van der Waals surface area contributed by atoms with Gasteiger partial charge in [-0.2, -0.15) is 11.3 Å². The zero-order valence-corrected chi connectivity index (χ0v) is 16.7. The van der Waals surface area contributed by atoms with Gasteiger partial charge in [-0.1, -0.05) is 19.1 Å². The highest BCUT2D eigenvalue weighted by Crippen LogP contribution is 2.20. The Labute approximate surface area is 168 Å². The van der Waals surface area contributed by atoms with Crippen molar-refractivity contribution < 1.29 is 9.13 Å². The summed E-state index contributed by atoms with van der Waals surface area (Å²) in [6, 6.07) is 11.8. The zero-order valence-electron chi connectivity index (χ0n) is 15.9. The Hall–Kier alpha value is -2.93. The van der Waals surface area contributed by atoms with Crippen LogP contribution in [0.15, 0.2) is 64.4 Å². The van der Waals surface area contributed by atoms with Gasteiger partial charge in [-0.25, -0.2) is 9.37 Å². The normalized spacial score (nSPS) is 12.5. The van der Waals surface area contributed by atoms with E-state index in [2.05, 4.69) is 44.4 Å². The zero-order chi connectivity index (χ0) is 19.8. The van der Waals surface area contributed by atoms with Gasteiger partial charge in [0.05, 0.1) is 0 Å². The third-order valence-corrected chi connectivity index (χ3v) is 4.89. The molecule has 2 heterocycles. The molecule has 0 saturated heterocycles. The number of nitrogens with one attached hydrogen (secondary N) is 2. The van der Waals surface area contributed by atoms with Crippen LogP contribution in [0.25, 0.3) is 0 Å². The fourth-order valence-electron chi connectivity index (χ4n) is 2.56. The lowest BCUT2D eigenvalue weighted by Crippen LogP contribution is -2.38. The Morgan fingerprint density at radius 2 is 2.14 bits per heavy atom. The van der Waals surface area contributed by atoms with Crippen molar-refractivity contribution in [3.63, 3.8) is 0 Å². The van der Waals surface area contributed by atoms with E-state index in [0.29, 0.717) is 24.1 Å². The molecule has 3 rings (SSSR count). The van der Waals surface area contributed by atoms with Gasteiger partial charge in [0.25, 0.3) is 0 Å². The molecule has 28 heavy (non-hydrogen) atoms. The minimum Gasteiger partial charge on any atom is -0.439 e. The summed E-state index contributed by atoms with van der Waals surface area (Å²) in [4.78, 5) is 8.53. The van der Waals surface area contributed by atoms with Crippen LogP contribution >= 0.6 is 11.3 Å². The van der Waals surface area contributed by atoms with E-state index in [-0.39, 0.29) is 5.82 Å². The van der Waals surface area contributed by atoms with Crippen LogP contribution in [0, 0.1) is 5.82 Å². The van der Waals surface area contributed by atoms with Gasteiger partial charge in [0, 0.05) is 38.5 Å². The van der Waals surface area contributed by atoms with E-state index in [4.69, 9.17) is 4.74 Å². The van der Waals surface area contributed by atoms with E-state index in [1.54, 1.807) is 42.8 Å². The van der Waals surface area contributed by atoms with Crippen LogP contribution < -0.4 is 15.4 Å². The summed E-state index contributed by atoms with van der Waals surface area (Å²) < 4.78 is 18.8. The fraction of sp³-hybridized carbons (Fsp3) is 0.238. The van der Waals surface area contributed by atoms with Gasteiger partial charge in [0.15, 0.2) is 5.96 Å². The van der Waals surface area contributed by atoms with E-state index >= 15 is 0 Å². The lowest BCUT2D eigenvalue weighted by atomic mass is 10.1. The second-order valence-corrected chi connectivity index (χ2v) is 7.11. The van der Waals surface area contributed by atoms with Crippen LogP contribution in [-0.4, -0.2) is 24.5 Å². The van der Waals surface area contributed by atoms with Gasteiger partial charge in [-0.15, -0.1) is 0 Å². The first kappa shape index (κ1) is 19.8. The number of guanidine groups is 1. The molecule has 0 amide bonds. The van der Waals surface area contributed by atoms with Crippen molar-refractivity contribution in [1.82, 2.24) is 15.6 Å². The molecule has 3 aromatic rings. The summed E-state index contributed by atoms with van der Waals surface area (Å²) in [6.07, 6.45) is 1.73. The molecule has 146 valence electrons. The lowest BCUT2D eigenvalue weighted by molar-refractivity contribution is 0.457. The number of nitrogens with zero attached hydrogens (tertiary/aromatic N) is 2. The Bertz CT molecular complexity index is 897. The summed E-state index contributed by atoms with van der Waals surface area (Å²) >= 11 is 1.71. The van der Waals surface area contributed by atoms with Crippen molar-refractivity contribution in [2.75, 3.05) is 13.6 Å². The van der Waals surface area contributed by atoms with Crippen LogP contribution in [0.3, 0.4) is 0 Å². The number of ether oxygens (including phenoxy) is 1. The number of aliphatic imine (C=N–C) groups is 1. The van der Waals surface area contributed by atoms with Gasteiger partial charge in [-0.3, -0.25) is 4.99 Å². The predicted molar refractivity (Wildman–Crippen MR) is 112 cm³/mol. The summed E-state index contributed by atoms with van der Waals surface area (Å²) in [5.74, 6) is 1.64. The van der Waals surface area contributed by atoms with E-state index in [0.717, 1.165) is 18.1 Å². The van der Waals surface area contributed by atoms with Crippen LogP contribution in [0.1, 0.15) is 24.0 Å². The molecular weight excluding hydrogens is 375 g/mol. The molecule has 0 aliphatic heterocycles. The quantitative estimate of drug-likeness (QED) is 0.453. The Morgan fingerprint density at radius 3 is 2.82 bits per heavy atom. The first-order valence-electron chi connectivity index (χ1n) is 8.99. The molecule has 0 saturated carbocycles. The highest BCUT2D eigenvalue weighted by atomic mass is 32.1. The van der Waals surface area contributed by atoms with Crippen LogP contribution in [-0.2, 0) is 6.54 Å². The van der Waals surface area contributed by atoms with E-state index in [1.807, 2.05) is 6.07 Å². The number of benzene rings is 1. The maximum Gasteiger partial charge on any atom is 0.219 e. The summed E-state index contributed by atoms with van der Waals surface area (Å²) in [5.41, 5.74) is 2.31. The predicted octanol–water partition coefficient (Wildman–Crippen LogP) is 4.54. The maximum atomic E-state index is 13.2. The van der Waals surface area contributed by atoms with Gasteiger partial charge < -0.3 is 15.4 Å². The van der Waals surface area contributed by atoms with E-state index < -0.39 is 0 Å². The van der Waals surface area contributed by atoms with Crippen molar-refractivity contribution in [3.8, 4) is 11.6 Å². The van der Waals surface area contributed by atoms with Crippen LogP contribution in [0.2, 0.25) is 0 Å². The number of aromatic nitrogens is 1. The van der Waals surface area contributed by atoms with Gasteiger partial charge >= 0.3 is 0 Å². The molecule has 1 unspecified atom stereocenters. The van der Waals surface area contributed by atoms with E-state index in [9.17, 15) is 4.39 Å². The van der Waals surface area contributed by atoms with Crippen molar-refractivity contribution in [2.45, 2.75) is 19.4 Å². The van der Waals surface area contributed by atoms with Gasteiger partial charge in [0.1, 0.15) is 11.6 Å². The molecule has 0 bridgehead atoms. The average Bonchev–Trinajstić information content (AvgIpc) is 3.24. The first-order valence-corrected chi connectivity index (χ1v) is 9.93. The van der Waals surface area contributed by atoms with Crippen LogP contribution in [0.4, 0.5) is 4.39 Å².